The number of unbranched alkanes of at least 4 members (excludes halogenated alkanes) is 10. The van der Waals surface area contributed by atoms with E-state index in [1.807, 2.05) is 6.07 Å². The van der Waals surface area contributed by atoms with E-state index in [2.05, 4.69) is 10.6 Å². The van der Waals surface area contributed by atoms with Gasteiger partial charge in [-0.1, -0.05) is 64.7 Å². The molecule has 10 nitrogen and oxygen atoms in total. The third-order valence-electron chi connectivity index (χ3n) is 7.05. The SMILES string of the molecule is C[C@@H](CCCCNC(=O)CC[C@H](NC(=O)CCCCCCCCCCCCc1ccc(C(=O)O)s1)C(=O)O)C(=O)O. The van der Waals surface area contributed by atoms with Crippen LogP contribution in [0.3, 0.4) is 0 Å². The molecule has 2 amide bonds. The summed E-state index contributed by atoms with van der Waals surface area (Å²) in [6.07, 6.45) is 13.8. The lowest BCUT2D eigenvalue weighted by molar-refractivity contribution is -0.142. The molecule has 5 N–H and O–H groups in total. The van der Waals surface area contributed by atoms with Crippen molar-refractivity contribution in [2.45, 2.75) is 122 Å². The van der Waals surface area contributed by atoms with Crippen LogP contribution in [0.2, 0.25) is 0 Å². The average molecular weight is 597 g/mol. The highest BCUT2D eigenvalue weighted by Crippen LogP contribution is 2.19. The number of thiophene rings is 1. The fourth-order valence-electron chi connectivity index (χ4n) is 4.44. The lowest BCUT2D eigenvalue weighted by atomic mass is 10.0. The maximum atomic E-state index is 12.2. The largest absolute Gasteiger partial charge is 0.481 e. The number of carboxylic acids is 3. The topological polar surface area (TPSA) is 170 Å². The van der Waals surface area contributed by atoms with E-state index in [9.17, 15) is 29.1 Å². The van der Waals surface area contributed by atoms with Gasteiger partial charge in [0.1, 0.15) is 10.9 Å². The molecule has 1 heterocycles. The molecule has 0 aliphatic carbocycles. The van der Waals surface area contributed by atoms with Gasteiger partial charge in [0, 0.05) is 24.3 Å². The fraction of sp³-hybridized carbons (Fsp3) is 0.700. The molecule has 2 atom stereocenters. The van der Waals surface area contributed by atoms with Crippen molar-refractivity contribution in [2.24, 2.45) is 5.92 Å². The van der Waals surface area contributed by atoms with Crippen LogP contribution in [0, 0.1) is 5.92 Å². The van der Waals surface area contributed by atoms with E-state index in [4.69, 9.17) is 10.2 Å². The molecule has 11 heteroatoms. The minimum atomic E-state index is -1.16. The molecule has 0 radical (unpaired) electrons. The quantitative estimate of drug-likeness (QED) is 0.0903. The molecule has 0 unspecified atom stereocenters. The van der Waals surface area contributed by atoms with Crippen LogP contribution in [0.1, 0.15) is 124 Å². The van der Waals surface area contributed by atoms with Gasteiger partial charge in [-0.2, -0.15) is 0 Å². The van der Waals surface area contributed by atoms with Crippen LogP contribution in [-0.2, 0) is 25.6 Å². The molecule has 1 aromatic rings. The van der Waals surface area contributed by atoms with Crippen LogP contribution >= 0.6 is 11.3 Å². The number of carbonyl (C=O) groups is 5. The van der Waals surface area contributed by atoms with Gasteiger partial charge in [0.05, 0.1) is 5.92 Å². The molecule has 0 aliphatic rings. The lowest BCUT2D eigenvalue weighted by Crippen LogP contribution is -2.41. The Labute approximate surface area is 247 Å². The molecular formula is C30H48N2O8S. The lowest BCUT2D eigenvalue weighted by Gasteiger charge is -2.14. The molecule has 1 aromatic heterocycles. The van der Waals surface area contributed by atoms with E-state index in [0.717, 1.165) is 49.8 Å². The first-order chi connectivity index (χ1) is 19.6. The van der Waals surface area contributed by atoms with Crippen LogP contribution in [0.5, 0.6) is 0 Å². The number of aryl methyl sites for hydroxylation is 1. The van der Waals surface area contributed by atoms with Gasteiger partial charge in [-0.05, 0) is 50.7 Å². The molecule has 0 saturated carbocycles. The summed E-state index contributed by atoms with van der Waals surface area (Å²) in [5.41, 5.74) is 0. The smallest absolute Gasteiger partial charge is 0.345 e. The molecule has 0 bridgehead atoms. The molecule has 0 saturated heterocycles. The van der Waals surface area contributed by atoms with Crippen LogP contribution in [0.4, 0.5) is 0 Å². The summed E-state index contributed by atoms with van der Waals surface area (Å²) in [4.78, 5) is 58.9. The number of hydrogen-bond donors (Lipinski definition) is 5. The second-order valence-electron chi connectivity index (χ2n) is 10.7. The molecule has 0 spiro atoms. The van der Waals surface area contributed by atoms with Gasteiger partial charge in [0.15, 0.2) is 0 Å². The Kier molecular flexibility index (Phi) is 19.1. The number of carboxylic acid groups (broad SMARTS) is 3. The van der Waals surface area contributed by atoms with E-state index >= 15 is 0 Å². The normalized spacial score (nSPS) is 12.4. The van der Waals surface area contributed by atoms with E-state index < -0.39 is 29.9 Å². The maximum absolute atomic E-state index is 12.2. The number of hydrogen-bond acceptors (Lipinski definition) is 6. The van der Waals surface area contributed by atoms with Crippen molar-refractivity contribution in [3.8, 4) is 0 Å². The van der Waals surface area contributed by atoms with E-state index in [1.165, 1.54) is 30.6 Å². The fourth-order valence-corrected chi connectivity index (χ4v) is 5.33. The molecule has 0 fully saturated rings. The number of aliphatic carboxylic acids is 2. The van der Waals surface area contributed by atoms with Gasteiger partial charge in [-0.15, -0.1) is 11.3 Å². The summed E-state index contributed by atoms with van der Waals surface area (Å²) in [6.45, 7) is 2.05. The van der Waals surface area contributed by atoms with Gasteiger partial charge in [0.2, 0.25) is 11.8 Å². The van der Waals surface area contributed by atoms with Crippen molar-refractivity contribution < 1.29 is 39.3 Å². The zero-order valence-corrected chi connectivity index (χ0v) is 25.1. The maximum Gasteiger partial charge on any atom is 0.345 e. The molecule has 0 aromatic carbocycles. The first-order valence-electron chi connectivity index (χ1n) is 14.9. The zero-order chi connectivity index (χ0) is 30.5. The Hall–Kier alpha value is -2.95. The van der Waals surface area contributed by atoms with Crippen molar-refractivity contribution in [1.29, 1.82) is 0 Å². The number of nitrogens with one attached hydrogen (secondary N) is 2. The van der Waals surface area contributed by atoms with Crippen LogP contribution in [-0.4, -0.2) is 57.6 Å². The second kappa shape index (κ2) is 21.8. The first-order valence-corrected chi connectivity index (χ1v) is 15.8. The van der Waals surface area contributed by atoms with E-state index in [-0.39, 0.29) is 31.1 Å². The first kappa shape index (κ1) is 36.1. The summed E-state index contributed by atoms with van der Waals surface area (Å²) in [5, 5.41) is 32.5. The highest BCUT2D eigenvalue weighted by Gasteiger charge is 2.20. The van der Waals surface area contributed by atoms with Gasteiger partial charge in [-0.3, -0.25) is 14.4 Å². The predicted octanol–water partition coefficient (Wildman–Crippen LogP) is 5.64. The number of aromatic carboxylic acids is 1. The molecule has 1 rings (SSSR count). The summed E-state index contributed by atoms with van der Waals surface area (Å²) in [5.74, 6) is -3.87. The van der Waals surface area contributed by atoms with Gasteiger partial charge >= 0.3 is 17.9 Å². The van der Waals surface area contributed by atoms with Crippen molar-refractivity contribution in [2.75, 3.05) is 6.54 Å². The van der Waals surface area contributed by atoms with Crippen molar-refractivity contribution in [3.63, 3.8) is 0 Å². The zero-order valence-electron chi connectivity index (χ0n) is 24.3. The number of rotatable bonds is 25. The number of carbonyl (C=O) groups excluding carboxylic acids is 2. The van der Waals surface area contributed by atoms with Crippen molar-refractivity contribution in [1.82, 2.24) is 10.6 Å². The molecular weight excluding hydrogens is 548 g/mol. The van der Waals surface area contributed by atoms with Gasteiger partial charge < -0.3 is 26.0 Å². The van der Waals surface area contributed by atoms with Gasteiger partial charge in [-0.25, -0.2) is 9.59 Å². The highest BCUT2D eigenvalue weighted by molar-refractivity contribution is 7.13. The highest BCUT2D eigenvalue weighted by atomic mass is 32.1. The third-order valence-corrected chi connectivity index (χ3v) is 8.18. The van der Waals surface area contributed by atoms with Crippen LogP contribution in [0.25, 0.3) is 0 Å². The summed E-state index contributed by atoms with van der Waals surface area (Å²) >= 11 is 1.36. The van der Waals surface area contributed by atoms with E-state index in [1.54, 1.807) is 13.0 Å². The minimum absolute atomic E-state index is 0.00889. The second-order valence-corrected chi connectivity index (χ2v) is 11.9. The van der Waals surface area contributed by atoms with Crippen molar-refractivity contribution >= 4 is 41.1 Å². The van der Waals surface area contributed by atoms with E-state index in [0.29, 0.717) is 37.1 Å². The van der Waals surface area contributed by atoms with Crippen LogP contribution in [0.15, 0.2) is 12.1 Å². The average Bonchev–Trinajstić information content (AvgIpc) is 3.40. The predicted molar refractivity (Wildman–Crippen MR) is 158 cm³/mol. The van der Waals surface area contributed by atoms with Crippen LogP contribution < -0.4 is 10.6 Å². The standard InChI is InChI=1S/C30H48N2O8S/c1-22(28(35)36)14-12-13-21-31-26(33)20-18-24(29(37)38)32-27(34)16-11-9-7-5-3-2-4-6-8-10-15-23-17-19-25(41-23)30(39)40/h17,19,22,24H,2-16,18,20-21H2,1H3,(H,31,33)(H,32,34)(H,35,36)(H,37,38)(H,39,40)/t22-,24-/m0/s1. The van der Waals surface area contributed by atoms with Crippen molar-refractivity contribution in [3.05, 3.63) is 21.9 Å². The Morgan fingerprint density at radius 3 is 1.88 bits per heavy atom. The Bertz CT molecular complexity index is 949. The summed E-state index contributed by atoms with van der Waals surface area (Å²) in [6, 6.07) is 2.48. The molecule has 41 heavy (non-hydrogen) atoms. The molecule has 0 aliphatic heterocycles. The number of amides is 2. The summed E-state index contributed by atoms with van der Waals surface area (Å²) < 4.78 is 0. The molecule has 232 valence electrons. The minimum Gasteiger partial charge on any atom is -0.481 e. The third kappa shape index (κ3) is 18.2. The Morgan fingerprint density at radius 2 is 1.32 bits per heavy atom. The Morgan fingerprint density at radius 1 is 0.707 bits per heavy atom. The summed E-state index contributed by atoms with van der Waals surface area (Å²) in [7, 11) is 0. The monoisotopic (exact) mass is 596 g/mol. The Balaban J connectivity index is 2.01. The van der Waals surface area contributed by atoms with Gasteiger partial charge in [0.25, 0.3) is 0 Å².